The minimum absolute atomic E-state index is 0.670. The van der Waals surface area contributed by atoms with Gasteiger partial charge in [0.05, 0.1) is 22.8 Å². The summed E-state index contributed by atoms with van der Waals surface area (Å²) in [7, 11) is 0. The maximum atomic E-state index is 5.23. The Morgan fingerprint density at radius 2 is 0.974 bits per heavy atom. The fourth-order valence-corrected chi connectivity index (χ4v) is 4.64. The Kier molecular flexibility index (Phi) is 6.82. The topological polar surface area (TPSA) is 38.1 Å². The number of aliphatic imine (C=N–C) groups is 1. The van der Waals surface area contributed by atoms with Crippen LogP contribution < -0.4 is 0 Å². The number of allylic oxidation sites excluding steroid dienone is 3. The molecule has 182 valence electrons. The Morgan fingerprint density at radius 3 is 1.50 bits per heavy atom. The van der Waals surface area contributed by atoms with Crippen LogP contribution in [0.15, 0.2) is 145 Å². The van der Waals surface area contributed by atoms with Gasteiger partial charge in [-0.3, -0.25) is 0 Å². The van der Waals surface area contributed by atoms with Crippen molar-refractivity contribution in [3.63, 3.8) is 0 Å². The Hall–Kier alpha value is -4.89. The van der Waals surface area contributed by atoms with Gasteiger partial charge in [-0.25, -0.2) is 15.0 Å². The molecule has 0 N–H and O–H groups in total. The van der Waals surface area contributed by atoms with Crippen molar-refractivity contribution < 1.29 is 0 Å². The summed E-state index contributed by atoms with van der Waals surface area (Å²) >= 11 is 0. The molecule has 5 aromatic rings. The van der Waals surface area contributed by atoms with Crippen molar-refractivity contribution in [2.45, 2.75) is 12.8 Å². The van der Waals surface area contributed by atoms with Crippen LogP contribution in [-0.2, 0) is 0 Å². The molecule has 0 fully saturated rings. The molecule has 0 saturated heterocycles. The van der Waals surface area contributed by atoms with E-state index in [0.29, 0.717) is 5.82 Å². The molecule has 0 unspecified atom stereocenters. The minimum Gasteiger partial charge on any atom is -0.249 e. The van der Waals surface area contributed by atoms with E-state index in [0.717, 1.165) is 52.3 Å². The second kappa shape index (κ2) is 11.0. The summed E-state index contributed by atoms with van der Waals surface area (Å²) in [6, 6.07) is 43.5. The van der Waals surface area contributed by atoms with Gasteiger partial charge in [0.25, 0.3) is 0 Å². The minimum atomic E-state index is 0.670. The lowest BCUT2D eigenvalue weighted by Gasteiger charge is -2.15. The molecule has 3 heteroatoms. The molecular weight excluding hydrogens is 462 g/mol. The number of rotatable bonds is 5. The van der Waals surface area contributed by atoms with E-state index in [4.69, 9.17) is 15.0 Å². The second-order valence-electron chi connectivity index (χ2n) is 9.21. The molecule has 0 radical (unpaired) electrons. The third-order valence-electron chi connectivity index (χ3n) is 6.59. The highest BCUT2D eigenvalue weighted by atomic mass is 14.9. The van der Waals surface area contributed by atoms with Gasteiger partial charge in [0.2, 0.25) is 0 Å². The molecule has 1 aromatic heterocycles. The van der Waals surface area contributed by atoms with Crippen molar-refractivity contribution in [2.75, 3.05) is 0 Å². The molecule has 6 rings (SSSR count). The van der Waals surface area contributed by atoms with Gasteiger partial charge in [0.1, 0.15) is 0 Å². The largest absolute Gasteiger partial charge is 0.249 e. The molecule has 0 saturated carbocycles. The Balaban J connectivity index is 1.51. The third-order valence-corrected chi connectivity index (χ3v) is 6.59. The lowest BCUT2D eigenvalue weighted by molar-refractivity contribution is 1.05. The zero-order valence-electron chi connectivity index (χ0n) is 21.0. The van der Waals surface area contributed by atoms with Crippen LogP contribution in [-0.4, -0.2) is 15.7 Å². The molecule has 0 bridgehead atoms. The van der Waals surface area contributed by atoms with Crippen molar-refractivity contribution in [3.05, 3.63) is 156 Å². The van der Waals surface area contributed by atoms with Gasteiger partial charge in [-0.15, -0.1) is 0 Å². The molecule has 4 aromatic carbocycles. The molecule has 0 atom stereocenters. The number of aromatic nitrogens is 2. The van der Waals surface area contributed by atoms with Gasteiger partial charge in [-0.2, -0.15) is 0 Å². The van der Waals surface area contributed by atoms with Gasteiger partial charge in [-0.05, 0) is 36.1 Å². The second-order valence-corrected chi connectivity index (χ2v) is 9.21. The number of nitrogens with zero attached hydrogens (tertiary/aromatic N) is 3. The van der Waals surface area contributed by atoms with Gasteiger partial charge in [0.15, 0.2) is 5.82 Å². The Morgan fingerprint density at radius 1 is 0.500 bits per heavy atom. The van der Waals surface area contributed by atoms with Crippen LogP contribution in [0.2, 0.25) is 0 Å². The standard InChI is InChI=1S/C35H27N3/c1-5-14-26(15-6-1)30-22-13-23-31(36-32(24-30)27-16-7-2-8-17-27)35-37-33(28-18-9-3-10-19-28)25-34(38-35)29-20-11-4-12-21-29/h1-12,14-22,24-25H,13,23H2/b30-22+,32-24-,36-31?. The monoisotopic (exact) mass is 489 g/mol. The summed E-state index contributed by atoms with van der Waals surface area (Å²) in [5, 5.41) is 0. The van der Waals surface area contributed by atoms with Crippen LogP contribution in [0, 0.1) is 0 Å². The highest BCUT2D eigenvalue weighted by molar-refractivity contribution is 6.03. The van der Waals surface area contributed by atoms with E-state index in [1.54, 1.807) is 0 Å². The quantitative estimate of drug-likeness (QED) is 0.248. The number of benzene rings is 4. The SMILES string of the molecule is C1=C(/c2ccccc2)N=C(c2nc(-c3ccccc3)cc(-c3ccccc3)n2)CC\C=C/1c1ccccc1. The molecule has 0 amide bonds. The van der Waals surface area contributed by atoms with Crippen LogP contribution in [0.5, 0.6) is 0 Å². The predicted octanol–water partition coefficient (Wildman–Crippen LogP) is 8.52. The maximum Gasteiger partial charge on any atom is 0.175 e. The van der Waals surface area contributed by atoms with Crippen LogP contribution in [0.1, 0.15) is 29.8 Å². The third kappa shape index (κ3) is 5.28. The van der Waals surface area contributed by atoms with Crippen LogP contribution in [0.3, 0.4) is 0 Å². The molecular formula is C35H27N3. The van der Waals surface area contributed by atoms with Crippen LogP contribution in [0.25, 0.3) is 33.8 Å². The van der Waals surface area contributed by atoms with Crippen molar-refractivity contribution in [1.82, 2.24) is 9.97 Å². The first kappa shape index (κ1) is 23.5. The van der Waals surface area contributed by atoms with Gasteiger partial charge in [-0.1, -0.05) is 127 Å². The first-order valence-electron chi connectivity index (χ1n) is 12.9. The fourth-order valence-electron chi connectivity index (χ4n) is 4.64. The van der Waals surface area contributed by atoms with Gasteiger partial charge in [0, 0.05) is 16.7 Å². The summed E-state index contributed by atoms with van der Waals surface area (Å²) in [4.78, 5) is 15.3. The van der Waals surface area contributed by atoms with E-state index >= 15 is 0 Å². The highest BCUT2D eigenvalue weighted by Crippen LogP contribution is 2.29. The molecule has 1 aliphatic rings. The molecule has 3 nitrogen and oxygen atoms in total. The average molecular weight is 490 g/mol. The summed E-state index contributed by atoms with van der Waals surface area (Å²) in [6.07, 6.45) is 6.07. The van der Waals surface area contributed by atoms with Gasteiger partial charge < -0.3 is 0 Å². The van der Waals surface area contributed by atoms with Gasteiger partial charge >= 0.3 is 0 Å². The van der Waals surface area contributed by atoms with E-state index in [-0.39, 0.29) is 0 Å². The smallest absolute Gasteiger partial charge is 0.175 e. The molecule has 38 heavy (non-hydrogen) atoms. The molecule has 0 spiro atoms. The zero-order valence-corrected chi connectivity index (χ0v) is 21.0. The lowest BCUT2D eigenvalue weighted by atomic mass is 9.98. The van der Waals surface area contributed by atoms with Crippen LogP contribution >= 0.6 is 0 Å². The van der Waals surface area contributed by atoms with Crippen molar-refractivity contribution >= 4 is 17.0 Å². The van der Waals surface area contributed by atoms with E-state index < -0.39 is 0 Å². The first-order valence-corrected chi connectivity index (χ1v) is 12.9. The molecule has 2 heterocycles. The van der Waals surface area contributed by atoms with E-state index in [1.807, 2.05) is 48.5 Å². The Bertz CT molecular complexity index is 1560. The lowest BCUT2D eigenvalue weighted by Crippen LogP contribution is -2.10. The first-order chi connectivity index (χ1) is 18.8. The summed E-state index contributed by atoms with van der Waals surface area (Å²) in [5.74, 6) is 0.670. The van der Waals surface area contributed by atoms with E-state index in [2.05, 4.69) is 91.0 Å². The zero-order chi connectivity index (χ0) is 25.6. The normalized spacial score (nSPS) is 16.3. The van der Waals surface area contributed by atoms with E-state index in [1.165, 1.54) is 11.1 Å². The fraction of sp³-hybridized carbons (Fsp3) is 0.0571. The molecule has 1 aliphatic heterocycles. The van der Waals surface area contributed by atoms with Crippen molar-refractivity contribution in [3.8, 4) is 22.5 Å². The maximum absolute atomic E-state index is 5.23. The highest BCUT2D eigenvalue weighted by Gasteiger charge is 2.16. The number of hydrogen-bond donors (Lipinski definition) is 0. The van der Waals surface area contributed by atoms with Crippen molar-refractivity contribution in [1.29, 1.82) is 0 Å². The van der Waals surface area contributed by atoms with Crippen LogP contribution in [0.4, 0.5) is 0 Å². The summed E-state index contributed by atoms with van der Waals surface area (Å²) < 4.78 is 0. The average Bonchev–Trinajstić information content (AvgIpc) is 2.99. The van der Waals surface area contributed by atoms with Crippen molar-refractivity contribution in [2.24, 2.45) is 4.99 Å². The van der Waals surface area contributed by atoms with E-state index in [9.17, 15) is 0 Å². The Labute approximate surface area is 223 Å². The summed E-state index contributed by atoms with van der Waals surface area (Å²) in [5.41, 5.74) is 9.13. The predicted molar refractivity (Wildman–Crippen MR) is 158 cm³/mol. The summed E-state index contributed by atoms with van der Waals surface area (Å²) in [6.45, 7) is 0. The molecule has 0 aliphatic carbocycles. The number of hydrogen-bond acceptors (Lipinski definition) is 3.